The van der Waals surface area contributed by atoms with Gasteiger partial charge in [-0.1, -0.05) is 5.17 Å². The van der Waals surface area contributed by atoms with Gasteiger partial charge < -0.3 is 4.84 Å². The SMILES string of the molecule is CC(C)N(N)OC=O. The Labute approximate surface area is 48.1 Å². The van der Waals surface area contributed by atoms with E-state index in [-0.39, 0.29) is 6.04 Å². The third kappa shape index (κ3) is 2.54. The molecule has 0 atom stereocenters. The van der Waals surface area contributed by atoms with E-state index in [1.807, 2.05) is 13.8 Å². The van der Waals surface area contributed by atoms with Crippen LogP contribution < -0.4 is 5.84 Å². The van der Waals surface area contributed by atoms with E-state index in [2.05, 4.69) is 4.84 Å². The molecule has 0 amide bonds. The van der Waals surface area contributed by atoms with Gasteiger partial charge >= 0.3 is 6.47 Å². The second-order valence-corrected chi connectivity index (χ2v) is 1.66. The first-order valence-electron chi connectivity index (χ1n) is 2.33. The highest BCUT2D eigenvalue weighted by atomic mass is 16.7. The van der Waals surface area contributed by atoms with Crippen LogP contribution in [-0.2, 0) is 9.63 Å². The molecule has 0 aliphatic carbocycles. The highest BCUT2D eigenvalue weighted by Gasteiger charge is 2.01. The van der Waals surface area contributed by atoms with Gasteiger partial charge in [-0.05, 0) is 13.8 Å². The fraction of sp³-hybridized carbons (Fsp3) is 0.750. The Balaban J connectivity index is 3.30. The lowest BCUT2D eigenvalue weighted by molar-refractivity contribution is -0.184. The number of hydrogen-bond acceptors (Lipinski definition) is 4. The number of hydrazine groups is 1. The first-order valence-corrected chi connectivity index (χ1v) is 2.33. The molecule has 0 spiro atoms. The van der Waals surface area contributed by atoms with E-state index in [0.717, 1.165) is 5.17 Å². The summed E-state index contributed by atoms with van der Waals surface area (Å²) in [5, 5.41) is 0.979. The molecular weight excluding hydrogens is 108 g/mol. The number of rotatable bonds is 3. The second-order valence-electron chi connectivity index (χ2n) is 1.66. The number of carbonyl (C=O) groups excluding carboxylic acids is 1. The molecule has 4 heteroatoms. The molecule has 0 aromatic rings. The van der Waals surface area contributed by atoms with Crippen LogP contribution in [0.5, 0.6) is 0 Å². The Kier molecular flexibility index (Phi) is 3.14. The number of carbonyl (C=O) groups is 1. The number of nitrogens with two attached hydrogens (primary N) is 1. The van der Waals surface area contributed by atoms with Crippen molar-refractivity contribution in [1.82, 2.24) is 5.17 Å². The van der Waals surface area contributed by atoms with E-state index >= 15 is 0 Å². The van der Waals surface area contributed by atoms with Gasteiger partial charge in [0.15, 0.2) is 0 Å². The van der Waals surface area contributed by atoms with Gasteiger partial charge in [-0.3, -0.25) is 4.79 Å². The summed E-state index contributed by atoms with van der Waals surface area (Å²) in [6.07, 6.45) is 0. The minimum absolute atomic E-state index is 0.0280. The molecule has 0 rings (SSSR count). The van der Waals surface area contributed by atoms with Crippen molar-refractivity contribution < 1.29 is 9.63 Å². The summed E-state index contributed by atoms with van der Waals surface area (Å²) in [7, 11) is 0. The van der Waals surface area contributed by atoms with E-state index in [1.54, 1.807) is 0 Å². The van der Waals surface area contributed by atoms with Crippen LogP contribution >= 0.6 is 0 Å². The largest absolute Gasteiger partial charge is 0.356 e. The topological polar surface area (TPSA) is 55.6 Å². The highest BCUT2D eigenvalue weighted by Crippen LogP contribution is 1.86. The van der Waals surface area contributed by atoms with Crippen LogP contribution in [0, 0.1) is 0 Å². The molecule has 0 radical (unpaired) electrons. The van der Waals surface area contributed by atoms with Gasteiger partial charge in [-0.2, -0.15) is 0 Å². The monoisotopic (exact) mass is 118 g/mol. The maximum Gasteiger partial charge on any atom is 0.314 e. The molecule has 2 N–H and O–H groups in total. The zero-order valence-electron chi connectivity index (χ0n) is 5.00. The molecule has 0 aromatic heterocycles. The van der Waals surface area contributed by atoms with Crippen LogP contribution in [0.3, 0.4) is 0 Å². The van der Waals surface area contributed by atoms with Crippen LogP contribution in [0.2, 0.25) is 0 Å². The number of hydrogen-bond donors (Lipinski definition) is 1. The van der Waals surface area contributed by atoms with Gasteiger partial charge in [0, 0.05) is 0 Å². The standard InChI is InChI=1S/C4H10N2O2/c1-4(2)6(5)8-3-7/h3-4H,5H2,1-2H3. The Hall–Kier alpha value is -0.610. The predicted octanol–water partition coefficient (Wildman–Crippen LogP) is -0.342. The maximum atomic E-state index is 9.58. The summed E-state index contributed by atoms with van der Waals surface area (Å²) < 4.78 is 0. The summed E-state index contributed by atoms with van der Waals surface area (Å²) in [6.45, 7) is 3.91. The second kappa shape index (κ2) is 3.40. The Bertz CT molecular complexity index is 74.4. The zero-order chi connectivity index (χ0) is 6.57. The lowest BCUT2D eigenvalue weighted by Gasteiger charge is -2.14. The Morgan fingerprint density at radius 1 is 1.75 bits per heavy atom. The molecule has 0 aromatic carbocycles. The molecule has 0 bridgehead atoms. The smallest absolute Gasteiger partial charge is 0.314 e. The summed E-state index contributed by atoms with van der Waals surface area (Å²) >= 11 is 0. The van der Waals surface area contributed by atoms with E-state index in [0.29, 0.717) is 6.47 Å². The molecule has 0 aliphatic heterocycles. The molecule has 0 saturated carbocycles. The van der Waals surface area contributed by atoms with E-state index in [9.17, 15) is 4.79 Å². The molecule has 48 valence electrons. The predicted molar refractivity (Wildman–Crippen MR) is 28.3 cm³/mol. The summed E-state index contributed by atoms with van der Waals surface area (Å²) in [4.78, 5) is 13.8. The normalized spacial score (nSPS) is 10.1. The summed E-state index contributed by atoms with van der Waals surface area (Å²) in [6, 6.07) is 0.0280. The van der Waals surface area contributed by atoms with Crippen LogP contribution in [0.25, 0.3) is 0 Å². The molecule has 0 aliphatic rings. The minimum Gasteiger partial charge on any atom is -0.356 e. The molecule has 4 nitrogen and oxygen atoms in total. The average molecular weight is 118 g/mol. The van der Waals surface area contributed by atoms with Gasteiger partial charge in [0.25, 0.3) is 0 Å². The minimum atomic E-state index is 0.0280. The van der Waals surface area contributed by atoms with Crippen LogP contribution in [0.4, 0.5) is 0 Å². The molecular formula is C4H10N2O2. The third-order valence-electron chi connectivity index (χ3n) is 0.674. The van der Waals surface area contributed by atoms with Crippen molar-refractivity contribution in [2.45, 2.75) is 19.9 Å². The Morgan fingerprint density at radius 3 is 2.38 bits per heavy atom. The fourth-order valence-electron chi connectivity index (χ4n) is 0.171. The average Bonchev–Trinajstić information content (AvgIpc) is 1.67. The highest BCUT2D eigenvalue weighted by molar-refractivity contribution is 5.36. The fourth-order valence-corrected chi connectivity index (χ4v) is 0.171. The van der Waals surface area contributed by atoms with E-state index in [1.165, 1.54) is 0 Å². The first-order chi connectivity index (χ1) is 3.68. The van der Waals surface area contributed by atoms with E-state index in [4.69, 9.17) is 5.84 Å². The van der Waals surface area contributed by atoms with Crippen molar-refractivity contribution in [3.63, 3.8) is 0 Å². The van der Waals surface area contributed by atoms with Crippen molar-refractivity contribution >= 4 is 6.47 Å². The van der Waals surface area contributed by atoms with Crippen LogP contribution in [0.1, 0.15) is 13.8 Å². The lowest BCUT2D eigenvalue weighted by atomic mass is 10.4. The van der Waals surface area contributed by atoms with Gasteiger partial charge in [-0.25, -0.2) is 5.84 Å². The van der Waals surface area contributed by atoms with Gasteiger partial charge in [0.1, 0.15) is 0 Å². The molecule has 8 heavy (non-hydrogen) atoms. The summed E-state index contributed by atoms with van der Waals surface area (Å²) in [5.41, 5.74) is 0. The molecule has 0 unspecified atom stereocenters. The van der Waals surface area contributed by atoms with Crippen molar-refractivity contribution in [3.8, 4) is 0 Å². The van der Waals surface area contributed by atoms with Crippen molar-refractivity contribution in [1.29, 1.82) is 0 Å². The van der Waals surface area contributed by atoms with Crippen molar-refractivity contribution in [3.05, 3.63) is 0 Å². The number of hydroxylamine groups is 1. The molecule has 0 heterocycles. The first kappa shape index (κ1) is 7.39. The van der Waals surface area contributed by atoms with Gasteiger partial charge in [0.2, 0.25) is 0 Å². The maximum absolute atomic E-state index is 9.58. The summed E-state index contributed by atoms with van der Waals surface area (Å²) in [5.74, 6) is 5.11. The van der Waals surface area contributed by atoms with Crippen LogP contribution in [0.15, 0.2) is 0 Å². The lowest BCUT2D eigenvalue weighted by Crippen LogP contribution is -2.36. The molecule has 0 fully saturated rings. The van der Waals surface area contributed by atoms with Gasteiger partial charge in [0.05, 0.1) is 6.04 Å². The number of nitrogens with zero attached hydrogens (tertiary/aromatic N) is 1. The van der Waals surface area contributed by atoms with Gasteiger partial charge in [-0.15, -0.1) is 0 Å². The quantitative estimate of drug-likeness (QED) is 0.313. The van der Waals surface area contributed by atoms with Crippen LogP contribution in [-0.4, -0.2) is 17.7 Å². The third-order valence-corrected chi connectivity index (χ3v) is 0.674. The Morgan fingerprint density at radius 2 is 2.25 bits per heavy atom. The zero-order valence-corrected chi connectivity index (χ0v) is 5.00. The van der Waals surface area contributed by atoms with Crippen molar-refractivity contribution in [2.75, 3.05) is 0 Å². The van der Waals surface area contributed by atoms with Crippen molar-refractivity contribution in [2.24, 2.45) is 5.84 Å². The molecule has 0 saturated heterocycles. The van der Waals surface area contributed by atoms with E-state index < -0.39 is 0 Å².